The predicted molar refractivity (Wildman–Crippen MR) is 162 cm³/mol. The minimum absolute atomic E-state index is 1.06. The Morgan fingerprint density at radius 3 is 1.76 bits per heavy atom. The summed E-state index contributed by atoms with van der Waals surface area (Å²) in [4.78, 5) is 0. The third-order valence-corrected chi connectivity index (χ3v) is 7.97. The maximum absolute atomic E-state index is 2.45. The second kappa shape index (κ2) is 8.36. The number of benzene rings is 5. The van der Waals surface area contributed by atoms with Gasteiger partial charge < -0.3 is 9.13 Å². The Labute approximate surface area is 221 Å². The molecule has 8 rings (SSSR count). The molecule has 0 spiro atoms. The van der Waals surface area contributed by atoms with E-state index in [4.69, 9.17) is 0 Å². The maximum atomic E-state index is 2.45. The van der Waals surface area contributed by atoms with Crippen LogP contribution in [0.5, 0.6) is 0 Å². The lowest BCUT2D eigenvalue weighted by molar-refractivity contribution is 0.979. The number of allylic oxidation sites excluding steroid dienone is 4. The number of para-hydroxylation sites is 3. The lowest BCUT2D eigenvalue weighted by atomic mass is 10.0. The molecule has 0 fully saturated rings. The molecule has 38 heavy (non-hydrogen) atoms. The Morgan fingerprint density at radius 2 is 1.08 bits per heavy atom. The molecule has 0 atom stereocenters. The van der Waals surface area contributed by atoms with Crippen molar-refractivity contribution in [2.24, 2.45) is 0 Å². The van der Waals surface area contributed by atoms with Crippen molar-refractivity contribution in [2.45, 2.75) is 12.8 Å². The summed E-state index contributed by atoms with van der Waals surface area (Å²) in [6, 6.07) is 42.1. The van der Waals surface area contributed by atoms with Gasteiger partial charge in [-0.05, 0) is 72.5 Å². The van der Waals surface area contributed by atoms with E-state index >= 15 is 0 Å². The molecule has 5 aromatic carbocycles. The molecule has 2 aromatic heterocycles. The summed E-state index contributed by atoms with van der Waals surface area (Å²) >= 11 is 0. The van der Waals surface area contributed by atoms with E-state index in [9.17, 15) is 0 Å². The highest BCUT2D eigenvalue weighted by Gasteiger charge is 2.16. The van der Waals surface area contributed by atoms with Crippen molar-refractivity contribution in [1.82, 2.24) is 9.13 Å². The van der Waals surface area contributed by atoms with Crippen molar-refractivity contribution in [3.63, 3.8) is 0 Å². The molecular weight excluding hydrogens is 460 g/mol. The molecule has 2 heterocycles. The Hall–Kier alpha value is -4.82. The summed E-state index contributed by atoms with van der Waals surface area (Å²) in [7, 11) is 0. The van der Waals surface area contributed by atoms with Gasteiger partial charge in [0.05, 0.1) is 22.1 Å². The van der Waals surface area contributed by atoms with E-state index in [1.807, 2.05) is 0 Å². The molecule has 0 saturated heterocycles. The number of hydrogen-bond acceptors (Lipinski definition) is 0. The van der Waals surface area contributed by atoms with Crippen LogP contribution in [0, 0.1) is 0 Å². The van der Waals surface area contributed by atoms with E-state index in [1.54, 1.807) is 0 Å². The summed E-state index contributed by atoms with van der Waals surface area (Å²) in [6.45, 7) is 0. The van der Waals surface area contributed by atoms with Crippen molar-refractivity contribution in [3.05, 3.63) is 133 Å². The first-order chi connectivity index (χ1) is 18.9. The van der Waals surface area contributed by atoms with Crippen molar-refractivity contribution >= 4 is 49.3 Å². The highest BCUT2D eigenvalue weighted by Crippen LogP contribution is 2.37. The van der Waals surface area contributed by atoms with Gasteiger partial charge >= 0.3 is 0 Å². The van der Waals surface area contributed by atoms with Gasteiger partial charge in [0.2, 0.25) is 0 Å². The monoisotopic (exact) mass is 486 g/mol. The first-order valence-corrected chi connectivity index (χ1v) is 13.4. The number of rotatable bonds is 3. The standard InChI is InChI=1S/C36H26N2/c1-2-12-27(13-3-1)37-35-20-9-6-17-31(35)32-24-26(21-22-36(32)37)25-11-10-14-28(23-25)38-33-18-7-4-15-29(33)30-16-5-8-19-34(30)38/h1-2,4-12,14-24H,3,13H2. The summed E-state index contributed by atoms with van der Waals surface area (Å²) in [6.07, 6.45) is 8.85. The zero-order valence-corrected chi connectivity index (χ0v) is 21.0. The molecule has 0 N–H and O–H groups in total. The fourth-order valence-corrected chi connectivity index (χ4v) is 6.26. The molecular formula is C36H26N2. The molecule has 7 aromatic rings. The summed E-state index contributed by atoms with van der Waals surface area (Å²) in [5, 5.41) is 5.18. The lowest BCUT2D eigenvalue weighted by Crippen LogP contribution is -1.98. The third kappa shape index (κ3) is 3.13. The Morgan fingerprint density at radius 1 is 0.474 bits per heavy atom. The molecule has 0 saturated carbocycles. The van der Waals surface area contributed by atoms with Crippen LogP contribution in [0.15, 0.2) is 133 Å². The number of aromatic nitrogens is 2. The van der Waals surface area contributed by atoms with Crippen LogP contribution in [0.25, 0.3) is 66.1 Å². The molecule has 180 valence electrons. The van der Waals surface area contributed by atoms with Crippen LogP contribution < -0.4 is 0 Å². The van der Waals surface area contributed by atoms with Gasteiger partial charge in [-0.2, -0.15) is 0 Å². The Bertz CT molecular complexity index is 2030. The third-order valence-electron chi connectivity index (χ3n) is 7.97. The molecule has 0 aliphatic heterocycles. The molecule has 0 amide bonds. The normalized spacial score (nSPS) is 13.6. The zero-order chi connectivity index (χ0) is 25.1. The van der Waals surface area contributed by atoms with E-state index in [2.05, 4.69) is 143 Å². The average molecular weight is 487 g/mol. The fourth-order valence-electron chi connectivity index (χ4n) is 6.26. The van der Waals surface area contributed by atoms with Gasteiger partial charge in [-0.3, -0.25) is 0 Å². The number of fused-ring (bicyclic) bond motifs is 6. The van der Waals surface area contributed by atoms with Crippen LogP contribution in [-0.4, -0.2) is 9.13 Å². The van der Waals surface area contributed by atoms with Crippen molar-refractivity contribution in [2.75, 3.05) is 0 Å². The van der Waals surface area contributed by atoms with Crippen LogP contribution in [0.2, 0.25) is 0 Å². The van der Waals surface area contributed by atoms with Gasteiger partial charge in [0.15, 0.2) is 0 Å². The molecule has 1 aliphatic carbocycles. The van der Waals surface area contributed by atoms with E-state index in [0.717, 1.165) is 12.8 Å². The Balaban J connectivity index is 1.33. The van der Waals surface area contributed by atoms with Gasteiger partial charge in [-0.15, -0.1) is 0 Å². The van der Waals surface area contributed by atoms with E-state index < -0.39 is 0 Å². The second-order valence-electron chi connectivity index (χ2n) is 10.1. The molecule has 2 nitrogen and oxygen atoms in total. The highest BCUT2D eigenvalue weighted by atomic mass is 15.0. The number of nitrogens with zero attached hydrogens (tertiary/aromatic N) is 2. The molecule has 1 aliphatic rings. The Kier molecular flexibility index (Phi) is 4.68. The SMILES string of the molecule is C1=CCCC(n2c3ccccc3c3cc(-c4cccc(-n5c6ccccc6c6ccccc65)c4)ccc32)=C1. The smallest absolute Gasteiger partial charge is 0.0541 e. The minimum Gasteiger partial charge on any atom is -0.313 e. The van der Waals surface area contributed by atoms with Crippen LogP contribution >= 0.6 is 0 Å². The first kappa shape index (κ1) is 21.3. The summed E-state index contributed by atoms with van der Waals surface area (Å²) in [5.41, 5.74) is 10.0. The van der Waals surface area contributed by atoms with Crippen molar-refractivity contribution < 1.29 is 0 Å². The molecule has 0 bridgehead atoms. The van der Waals surface area contributed by atoms with Crippen LogP contribution in [0.4, 0.5) is 0 Å². The van der Waals surface area contributed by atoms with Gasteiger partial charge in [0.25, 0.3) is 0 Å². The predicted octanol–water partition coefficient (Wildman–Crippen LogP) is 9.75. The minimum atomic E-state index is 1.06. The van der Waals surface area contributed by atoms with Crippen molar-refractivity contribution in [3.8, 4) is 16.8 Å². The summed E-state index contributed by atoms with van der Waals surface area (Å²) in [5.74, 6) is 0. The van der Waals surface area contributed by atoms with Crippen LogP contribution in [0.3, 0.4) is 0 Å². The maximum Gasteiger partial charge on any atom is 0.0541 e. The highest BCUT2D eigenvalue weighted by molar-refractivity contribution is 6.11. The van der Waals surface area contributed by atoms with Crippen LogP contribution in [-0.2, 0) is 0 Å². The molecule has 0 radical (unpaired) electrons. The average Bonchev–Trinajstić information content (AvgIpc) is 3.50. The van der Waals surface area contributed by atoms with E-state index in [-0.39, 0.29) is 0 Å². The topological polar surface area (TPSA) is 9.86 Å². The summed E-state index contributed by atoms with van der Waals surface area (Å²) < 4.78 is 4.84. The van der Waals surface area contributed by atoms with Gasteiger partial charge in [0.1, 0.15) is 0 Å². The fraction of sp³-hybridized carbons (Fsp3) is 0.0556. The largest absolute Gasteiger partial charge is 0.313 e. The molecule has 0 unspecified atom stereocenters. The second-order valence-corrected chi connectivity index (χ2v) is 10.1. The molecule has 2 heteroatoms. The van der Waals surface area contributed by atoms with Gasteiger partial charge in [-0.1, -0.05) is 84.9 Å². The number of hydrogen-bond donors (Lipinski definition) is 0. The van der Waals surface area contributed by atoms with Gasteiger partial charge in [0, 0.05) is 32.9 Å². The quantitative estimate of drug-likeness (QED) is 0.235. The van der Waals surface area contributed by atoms with Crippen molar-refractivity contribution in [1.29, 1.82) is 0 Å². The van der Waals surface area contributed by atoms with E-state index in [0.29, 0.717) is 0 Å². The van der Waals surface area contributed by atoms with E-state index in [1.165, 1.54) is 66.1 Å². The van der Waals surface area contributed by atoms with Crippen LogP contribution in [0.1, 0.15) is 12.8 Å². The zero-order valence-electron chi connectivity index (χ0n) is 21.0. The lowest BCUT2D eigenvalue weighted by Gasteiger charge is -2.14. The first-order valence-electron chi connectivity index (χ1n) is 13.4. The van der Waals surface area contributed by atoms with Gasteiger partial charge in [-0.25, -0.2) is 0 Å².